The van der Waals surface area contributed by atoms with Crippen molar-refractivity contribution in [1.82, 2.24) is 5.32 Å². The second-order valence-electron chi connectivity index (χ2n) is 4.55. The quantitative estimate of drug-likeness (QED) is 0.468. The summed E-state index contributed by atoms with van der Waals surface area (Å²) in [5.74, 6) is 0. The van der Waals surface area contributed by atoms with E-state index in [0.717, 1.165) is 13.0 Å². The van der Waals surface area contributed by atoms with Crippen LogP contribution in [0, 0.1) is 0 Å². The normalized spacial score (nSPS) is 10.3. The van der Waals surface area contributed by atoms with Crippen molar-refractivity contribution >= 4 is 44.5 Å². The van der Waals surface area contributed by atoms with Gasteiger partial charge in [-0.3, -0.25) is 0 Å². The fraction of sp³-hybridized carbons (Fsp3) is 0.462. The Hall–Kier alpha value is -0.870. The van der Waals surface area contributed by atoms with Crippen LogP contribution in [0.25, 0.3) is 0 Å². The largest absolute Gasteiger partial charge is 0.505 e. The SMILES string of the molecule is CC(C)NCCCOC(=O)O.Cl.NS(=O)(=O)c1ccccc1Br. The van der Waals surface area contributed by atoms with Gasteiger partial charge in [0.15, 0.2) is 0 Å². The summed E-state index contributed by atoms with van der Waals surface area (Å²) in [5.41, 5.74) is 0. The first-order chi connectivity index (χ1) is 10.1. The number of rotatable bonds is 6. The van der Waals surface area contributed by atoms with Gasteiger partial charge in [-0.05, 0) is 41.0 Å². The molecule has 0 fully saturated rings. The Labute approximate surface area is 151 Å². The van der Waals surface area contributed by atoms with E-state index in [4.69, 9.17) is 10.2 Å². The average molecular weight is 434 g/mol. The molecule has 7 nitrogen and oxygen atoms in total. The maximum atomic E-state index is 10.8. The van der Waals surface area contributed by atoms with Crippen LogP contribution in [0.15, 0.2) is 33.6 Å². The first kappa shape index (κ1) is 24.4. The second kappa shape index (κ2) is 12.5. The van der Waals surface area contributed by atoms with Crippen LogP contribution in [0.3, 0.4) is 0 Å². The summed E-state index contributed by atoms with van der Waals surface area (Å²) >= 11 is 3.07. The van der Waals surface area contributed by atoms with Gasteiger partial charge in [0, 0.05) is 10.5 Å². The van der Waals surface area contributed by atoms with Crippen molar-refractivity contribution in [2.45, 2.75) is 31.2 Å². The molecule has 0 spiro atoms. The molecule has 0 aliphatic carbocycles. The number of primary sulfonamides is 1. The standard InChI is InChI=1S/C7H15NO3.C6H6BrNO2S.ClH/c1-6(2)8-4-3-5-11-7(9)10;7-5-3-1-2-4-6(5)11(8,9)10;/h6,8H,3-5H2,1-2H3,(H,9,10);1-4H,(H2,8,9,10);1H. The maximum absolute atomic E-state index is 10.8. The highest BCUT2D eigenvalue weighted by molar-refractivity contribution is 9.10. The van der Waals surface area contributed by atoms with Gasteiger partial charge in [0.25, 0.3) is 0 Å². The number of halogens is 2. The molecule has 0 aliphatic rings. The van der Waals surface area contributed by atoms with Crippen molar-refractivity contribution in [3.8, 4) is 0 Å². The van der Waals surface area contributed by atoms with Crippen molar-refractivity contribution in [1.29, 1.82) is 0 Å². The molecule has 10 heteroatoms. The number of ether oxygens (including phenoxy) is 1. The van der Waals surface area contributed by atoms with E-state index in [-0.39, 0.29) is 23.9 Å². The molecule has 23 heavy (non-hydrogen) atoms. The van der Waals surface area contributed by atoms with Gasteiger partial charge in [-0.25, -0.2) is 18.4 Å². The average Bonchev–Trinajstić information content (AvgIpc) is 2.37. The summed E-state index contributed by atoms with van der Waals surface area (Å²) in [6.45, 7) is 5.15. The van der Waals surface area contributed by atoms with Crippen LogP contribution in [0.2, 0.25) is 0 Å². The predicted molar refractivity (Wildman–Crippen MR) is 94.5 cm³/mol. The minimum atomic E-state index is -3.58. The third-order valence-corrected chi connectivity index (χ3v) is 4.17. The van der Waals surface area contributed by atoms with Crippen molar-refractivity contribution in [3.05, 3.63) is 28.7 Å². The molecule has 0 bridgehead atoms. The van der Waals surface area contributed by atoms with Crippen molar-refractivity contribution in [3.63, 3.8) is 0 Å². The minimum absolute atomic E-state index is 0. The molecular weight excluding hydrogens is 412 g/mol. The van der Waals surface area contributed by atoms with E-state index in [2.05, 4.69) is 26.0 Å². The second-order valence-corrected chi connectivity index (χ2v) is 6.94. The predicted octanol–water partition coefficient (Wildman–Crippen LogP) is 2.59. The number of sulfonamides is 1. The fourth-order valence-electron chi connectivity index (χ4n) is 1.30. The van der Waals surface area contributed by atoms with Gasteiger partial charge in [0.1, 0.15) is 0 Å². The Morgan fingerprint density at radius 3 is 2.35 bits per heavy atom. The monoisotopic (exact) mass is 432 g/mol. The van der Waals surface area contributed by atoms with Crippen molar-refractivity contribution in [2.75, 3.05) is 13.2 Å². The van der Waals surface area contributed by atoms with Crippen LogP contribution in [-0.2, 0) is 14.8 Å². The lowest BCUT2D eigenvalue weighted by atomic mass is 10.3. The summed E-state index contributed by atoms with van der Waals surface area (Å²) in [4.78, 5) is 9.96. The topological polar surface area (TPSA) is 119 Å². The van der Waals surface area contributed by atoms with Gasteiger partial charge in [-0.2, -0.15) is 0 Å². The van der Waals surface area contributed by atoms with Crippen LogP contribution in [0.5, 0.6) is 0 Å². The number of hydrogen-bond acceptors (Lipinski definition) is 5. The zero-order chi connectivity index (χ0) is 17.2. The third-order valence-electron chi connectivity index (χ3n) is 2.24. The van der Waals surface area contributed by atoms with Crippen molar-refractivity contribution in [2.24, 2.45) is 5.14 Å². The van der Waals surface area contributed by atoms with E-state index >= 15 is 0 Å². The Morgan fingerprint density at radius 1 is 1.39 bits per heavy atom. The first-order valence-electron chi connectivity index (χ1n) is 6.51. The van der Waals surface area contributed by atoms with Crippen LogP contribution in [-0.4, -0.2) is 38.9 Å². The van der Waals surface area contributed by atoms with E-state index in [1.807, 2.05) is 13.8 Å². The molecule has 0 aromatic heterocycles. The zero-order valence-corrected chi connectivity index (χ0v) is 16.1. The molecule has 0 aliphatic heterocycles. The van der Waals surface area contributed by atoms with Crippen LogP contribution >= 0.6 is 28.3 Å². The van der Waals surface area contributed by atoms with Gasteiger partial charge >= 0.3 is 6.16 Å². The number of hydrogen-bond donors (Lipinski definition) is 3. The molecule has 0 radical (unpaired) electrons. The first-order valence-corrected chi connectivity index (χ1v) is 8.85. The third kappa shape index (κ3) is 13.3. The fourth-order valence-corrected chi connectivity index (χ4v) is 2.87. The van der Waals surface area contributed by atoms with Gasteiger partial charge in [0.05, 0.1) is 11.5 Å². The van der Waals surface area contributed by atoms with E-state index in [9.17, 15) is 13.2 Å². The smallest absolute Gasteiger partial charge is 0.450 e. The summed E-state index contributed by atoms with van der Waals surface area (Å²) < 4.78 is 26.4. The van der Waals surface area contributed by atoms with E-state index in [1.165, 1.54) is 6.07 Å². The van der Waals surface area contributed by atoms with E-state index in [1.54, 1.807) is 18.2 Å². The Morgan fingerprint density at radius 2 is 1.96 bits per heavy atom. The lowest BCUT2D eigenvalue weighted by Gasteiger charge is -2.06. The number of nitrogens with two attached hydrogens (primary N) is 1. The van der Waals surface area contributed by atoms with Crippen LogP contribution in [0.1, 0.15) is 20.3 Å². The van der Waals surface area contributed by atoms with Gasteiger partial charge in [-0.1, -0.05) is 26.0 Å². The number of benzene rings is 1. The van der Waals surface area contributed by atoms with Gasteiger partial charge < -0.3 is 15.2 Å². The number of nitrogens with one attached hydrogen (secondary N) is 1. The molecule has 134 valence electrons. The lowest BCUT2D eigenvalue weighted by molar-refractivity contribution is 0.0905. The highest BCUT2D eigenvalue weighted by Crippen LogP contribution is 2.19. The van der Waals surface area contributed by atoms with E-state index < -0.39 is 16.2 Å². The van der Waals surface area contributed by atoms with Crippen molar-refractivity contribution < 1.29 is 23.1 Å². The Balaban J connectivity index is 0. The molecule has 1 aromatic carbocycles. The van der Waals surface area contributed by atoms with Gasteiger partial charge in [0.2, 0.25) is 10.0 Å². The number of carbonyl (C=O) groups is 1. The molecule has 0 saturated heterocycles. The van der Waals surface area contributed by atoms with Crippen LogP contribution < -0.4 is 10.5 Å². The highest BCUT2D eigenvalue weighted by Gasteiger charge is 2.09. The van der Waals surface area contributed by atoms with Crippen LogP contribution in [0.4, 0.5) is 4.79 Å². The summed E-state index contributed by atoms with van der Waals surface area (Å²) in [5, 5.41) is 16.1. The molecule has 1 aromatic rings. The summed E-state index contributed by atoms with van der Waals surface area (Å²) in [7, 11) is -3.58. The molecule has 0 atom stereocenters. The molecule has 1 rings (SSSR count). The molecular formula is C13H22BrClN2O5S. The Kier molecular flexibility index (Phi) is 13.3. The maximum Gasteiger partial charge on any atom is 0.505 e. The molecule has 0 saturated carbocycles. The Bertz CT molecular complexity index is 569. The minimum Gasteiger partial charge on any atom is -0.450 e. The molecule has 4 N–H and O–H groups in total. The highest BCUT2D eigenvalue weighted by atomic mass is 79.9. The summed E-state index contributed by atoms with van der Waals surface area (Å²) in [6, 6.07) is 6.85. The lowest BCUT2D eigenvalue weighted by Crippen LogP contribution is -2.24. The van der Waals surface area contributed by atoms with Gasteiger partial charge in [-0.15, -0.1) is 12.4 Å². The molecule has 0 unspecified atom stereocenters. The number of carboxylic acid groups (broad SMARTS) is 1. The molecule has 0 amide bonds. The molecule has 0 heterocycles. The zero-order valence-electron chi connectivity index (χ0n) is 12.9. The summed E-state index contributed by atoms with van der Waals surface area (Å²) in [6.07, 6.45) is -0.473. The van der Waals surface area contributed by atoms with E-state index in [0.29, 0.717) is 10.5 Å².